The summed E-state index contributed by atoms with van der Waals surface area (Å²) >= 11 is 0. The van der Waals surface area contributed by atoms with Gasteiger partial charge in [-0.25, -0.2) is 8.42 Å². The summed E-state index contributed by atoms with van der Waals surface area (Å²) in [4.78, 5) is 30.1. The zero-order valence-electron chi connectivity index (χ0n) is 26.9. The normalized spacial score (nSPS) is 11.9. The van der Waals surface area contributed by atoms with Crippen LogP contribution in [0.3, 0.4) is 0 Å². The van der Waals surface area contributed by atoms with Crippen LogP contribution < -0.4 is 14.4 Å². The minimum Gasteiger partial charge on any atom is -0.492 e. The Labute approximate surface area is 273 Å². The molecule has 0 aliphatic carbocycles. The Morgan fingerprint density at radius 1 is 0.804 bits per heavy atom. The zero-order chi connectivity index (χ0) is 33.1. The largest absolute Gasteiger partial charge is 0.492 e. The van der Waals surface area contributed by atoms with E-state index in [0.29, 0.717) is 18.9 Å². The first-order valence-electron chi connectivity index (χ1n) is 15.6. The molecule has 0 saturated heterocycles. The van der Waals surface area contributed by atoms with Crippen LogP contribution in [0.25, 0.3) is 0 Å². The maximum Gasteiger partial charge on any atom is 0.264 e. The monoisotopic (exact) mass is 641 g/mol. The summed E-state index contributed by atoms with van der Waals surface area (Å²) in [6.45, 7) is 8.10. The molecule has 0 aromatic heterocycles. The van der Waals surface area contributed by atoms with E-state index in [-0.39, 0.29) is 35.4 Å². The zero-order valence-corrected chi connectivity index (χ0v) is 27.7. The van der Waals surface area contributed by atoms with Gasteiger partial charge in [-0.2, -0.15) is 0 Å². The Morgan fingerprint density at radius 3 is 2.04 bits per heavy atom. The Kier molecular flexibility index (Phi) is 12.0. The van der Waals surface area contributed by atoms with Crippen LogP contribution in [0.1, 0.15) is 37.5 Å². The third-order valence-electron chi connectivity index (χ3n) is 7.47. The SMILES string of the molecule is CCOc1ccccc1N(CC(=O)N(Cc1ccc(C)cc1)C(Cc1ccccc1)C(=O)NCC(C)C)S(=O)(=O)c1ccccc1. The number of anilines is 1. The second kappa shape index (κ2) is 16.1. The molecule has 0 radical (unpaired) electrons. The van der Waals surface area contributed by atoms with E-state index in [2.05, 4.69) is 5.32 Å². The van der Waals surface area contributed by atoms with Gasteiger partial charge in [0.25, 0.3) is 10.0 Å². The minimum absolute atomic E-state index is 0.0368. The molecular formula is C37H43N3O5S. The number of sulfonamides is 1. The number of rotatable bonds is 15. The first-order chi connectivity index (χ1) is 22.1. The highest BCUT2D eigenvalue weighted by Gasteiger charge is 2.35. The molecule has 2 amide bonds. The number of aryl methyl sites for hydroxylation is 1. The van der Waals surface area contributed by atoms with Gasteiger partial charge in [0.05, 0.1) is 17.2 Å². The van der Waals surface area contributed by atoms with Crippen molar-refractivity contribution < 1.29 is 22.7 Å². The van der Waals surface area contributed by atoms with Crippen molar-refractivity contribution >= 4 is 27.5 Å². The fraction of sp³-hybridized carbons (Fsp3) is 0.297. The molecule has 0 spiro atoms. The summed E-state index contributed by atoms with van der Waals surface area (Å²) < 4.78 is 35.4. The smallest absolute Gasteiger partial charge is 0.264 e. The van der Waals surface area contributed by atoms with Gasteiger partial charge in [0, 0.05) is 19.5 Å². The Hall–Kier alpha value is -4.63. The molecule has 0 fully saturated rings. The number of carbonyl (C=O) groups excluding carboxylic acids is 2. The number of hydrogen-bond acceptors (Lipinski definition) is 5. The summed E-state index contributed by atoms with van der Waals surface area (Å²) in [5, 5.41) is 3.01. The van der Waals surface area contributed by atoms with Gasteiger partial charge >= 0.3 is 0 Å². The Morgan fingerprint density at radius 2 is 1.41 bits per heavy atom. The van der Waals surface area contributed by atoms with E-state index in [1.54, 1.807) is 42.5 Å². The van der Waals surface area contributed by atoms with Crippen LogP contribution in [0.5, 0.6) is 5.75 Å². The van der Waals surface area contributed by atoms with Crippen molar-refractivity contribution in [1.82, 2.24) is 10.2 Å². The van der Waals surface area contributed by atoms with E-state index in [9.17, 15) is 18.0 Å². The quantitative estimate of drug-likeness (QED) is 0.172. The lowest BCUT2D eigenvalue weighted by atomic mass is 10.0. The van der Waals surface area contributed by atoms with Crippen molar-refractivity contribution in [3.63, 3.8) is 0 Å². The number of benzene rings is 4. The average molecular weight is 642 g/mol. The molecule has 8 nitrogen and oxygen atoms in total. The van der Waals surface area contributed by atoms with Crippen LogP contribution in [0, 0.1) is 12.8 Å². The van der Waals surface area contributed by atoms with Gasteiger partial charge in [0.15, 0.2) is 0 Å². The average Bonchev–Trinajstić information content (AvgIpc) is 3.06. The van der Waals surface area contributed by atoms with Gasteiger partial charge in [-0.3, -0.25) is 13.9 Å². The first kappa shape index (κ1) is 34.2. The summed E-state index contributed by atoms with van der Waals surface area (Å²) in [6, 6.07) is 31.1. The molecule has 0 aliphatic rings. The van der Waals surface area contributed by atoms with Gasteiger partial charge in [-0.1, -0.05) is 104 Å². The molecule has 4 aromatic carbocycles. The topological polar surface area (TPSA) is 96.0 Å². The number of nitrogens with one attached hydrogen (secondary N) is 1. The van der Waals surface area contributed by atoms with Crippen LogP contribution in [0.4, 0.5) is 5.69 Å². The summed E-state index contributed by atoms with van der Waals surface area (Å²) in [5.41, 5.74) is 3.00. The van der Waals surface area contributed by atoms with Crippen LogP contribution in [0.2, 0.25) is 0 Å². The highest BCUT2D eigenvalue weighted by atomic mass is 32.2. The summed E-state index contributed by atoms with van der Waals surface area (Å²) in [6.07, 6.45) is 0.253. The maximum absolute atomic E-state index is 14.6. The van der Waals surface area contributed by atoms with Crippen LogP contribution in [-0.2, 0) is 32.6 Å². The number of hydrogen-bond donors (Lipinski definition) is 1. The molecule has 1 N–H and O–H groups in total. The third kappa shape index (κ3) is 8.97. The number of para-hydroxylation sites is 2. The van der Waals surface area contributed by atoms with Crippen molar-refractivity contribution in [1.29, 1.82) is 0 Å². The first-order valence-corrected chi connectivity index (χ1v) is 17.0. The molecule has 0 saturated carbocycles. The number of ether oxygens (including phenoxy) is 1. The molecule has 1 unspecified atom stereocenters. The van der Waals surface area contributed by atoms with Crippen molar-refractivity contribution in [2.24, 2.45) is 5.92 Å². The summed E-state index contributed by atoms with van der Waals surface area (Å²) in [5.74, 6) is -0.292. The lowest BCUT2D eigenvalue weighted by Crippen LogP contribution is -2.53. The predicted molar refractivity (Wildman–Crippen MR) is 182 cm³/mol. The molecular weight excluding hydrogens is 598 g/mol. The van der Waals surface area contributed by atoms with Crippen molar-refractivity contribution in [3.05, 3.63) is 126 Å². The third-order valence-corrected chi connectivity index (χ3v) is 9.25. The van der Waals surface area contributed by atoms with E-state index >= 15 is 0 Å². The van der Waals surface area contributed by atoms with Gasteiger partial charge < -0.3 is 15.0 Å². The number of carbonyl (C=O) groups is 2. The van der Waals surface area contributed by atoms with Crippen molar-refractivity contribution in [2.45, 2.75) is 51.6 Å². The van der Waals surface area contributed by atoms with Gasteiger partial charge in [-0.05, 0) is 55.2 Å². The number of nitrogens with zero attached hydrogens (tertiary/aromatic N) is 2. The van der Waals surface area contributed by atoms with Gasteiger partial charge in [0.1, 0.15) is 18.3 Å². The maximum atomic E-state index is 14.6. The highest BCUT2D eigenvalue weighted by Crippen LogP contribution is 2.33. The number of amides is 2. The molecule has 242 valence electrons. The lowest BCUT2D eigenvalue weighted by Gasteiger charge is -2.34. The van der Waals surface area contributed by atoms with E-state index < -0.39 is 28.5 Å². The molecule has 46 heavy (non-hydrogen) atoms. The standard InChI is InChI=1S/C37H43N3O5S/c1-5-45-35-19-13-12-18-33(35)40(46(43,44)32-16-10-7-11-17-32)27-36(41)39(26-31-22-20-29(4)21-23-31)34(37(42)38-25-28(2)3)24-30-14-8-6-9-15-30/h6-23,28,34H,5,24-27H2,1-4H3,(H,38,42). The second-order valence-corrected chi connectivity index (χ2v) is 13.4. The molecule has 4 aromatic rings. The van der Waals surface area contributed by atoms with E-state index in [1.807, 2.05) is 82.3 Å². The lowest BCUT2D eigenvalue weighted by molar-refractivity contribution is -0.140. The molecule has 0 heterocycles. The minimum atomic E-state index is -4.22. The van der Waals surface area contributed by atoms with Crippen LogP contribution in [0.15, 0.2) is 114 Å². The summed E-state index contributed by atoms with van der Waals surface area (Å²) in [7, 11) is -4.22. The van der Waals surface area contributed by atoms with Crippen LogP contribution >= 0.6 is 0 Å². The van der Waals surface area contributed by atoms with E-state index in [4.69, 9.17) is 4.74 Å². The Balaban J connectivity index is 1.82. The van der Waals surface area contributed by atoms with Gasteiger partial charge in [0.2, 0.25) is 11.8 Å². The fourth-order valence-electron chi connectivity index (χ4n) is 5.04. The molecule has 1 atom stereocenters. The molecule has 9 heteroatoms. The molecule has 4 rings (SSSR count). The van der Waals surface area contributed by atoms with Crippen LogP contribution in [-0.4, -0.2) is 50.9 Å². The van der Waals surface area contributed by atoms with Crippen molar-refractivity contribution in [2.75, 3.05) is 24.0 Å². The van der Waals surface area contributed by atoms with E-state index in [1.165, 1.54) is 17.0 Å². The predicted octanol–water partition coefficient (Wildman–Crippen LogP) is 6.00. The highest BCUT2D eigenvalue weighted by molar-refractivity contribution is 7.92. The fourth-order valence-corrected chi connectivity index (χ4v) is 6.49. The van der Waals surface area contributed by atoms with Crippen molar-refractivity contribution in [3.8, 4) is 5.75 Å². The molecule has 0 aliphatic heterocycles. The van der Waals surface area contributed by atoms with E-state index in [0.717, 1.165) is 21.0 Å². The van der Waals surface area contributed by atoms with Gasteiger partial charge in [-0.15, -0.1) is 0 Å². The Bertz CT molecular complexity index is 1680. The second-order valence-electron chi connectivity index (χ2n) is 11.6. The molecule has 0 bridgehead atoms.